The first-order valence-corrected chi connectivity index (χ1v) is 4.73. The van der Waals surface area contributed by atoms with E-state index in [4.69, 9.17) is 0 Å². The first kappa shape index (κ1) is 12.6. The van der Waals surface area contributed by atoms with Gasteiger partial charge in [-0.15, -0.1) is 0 Å². The summed E-state index contributed by atoms with van der Waals surface area (Å²) in [5, 5.41) is 9.50. The molecule has 0 unspecified atom stereocenters. The van der Waals surface area contributed by atoms with Crippen LogP contribution >= 0.6 is 0 Å². The average molecular weight is 248 g/mol. The number of phenolic OH excluding ortho intramolecular Hbond substituents is 1. The monoisotopic (exact) mass is 248 g/mol. The quantitative estimate of drug-likeness (QED) is 0.813. The van der Waals surface area contributed by atoms with Gasteiger partial charge in [0.25, 0.3) is 0 Å². The molecular weight excluding hydrogens is 237 g/mol. The number of para-hydroxylation sites is 2. The maximum atomic E-state index is 9.50. The Balaban J connectivity index is 0.00000128. The van der Waals surface area contributed by atoms with Crippen molar-refractivity contribution in [1.82, 2.24) is 0 Å². The molecule has 0 bridgehead atoms. The summed E-state index contributed by atoms with van der Waals surface area (Å²) in [6, 6.07) is 16.7. The summed E-state index contributed by atoms with van der Waals surface area (Å²) in [7, 11) is 0. The fourth-order valence-electron chi connectivity index (χ4n) is 1.25. The maximum Gasteiger partial charge on any atom is 0.124 e. The van der Waals surface area contributed by atoms with E-state index in [1.807, 2.05) is 42.5 Å². The van der Waals surface area contributed by atoms with Gasteiger partial charge in [-0.25, -0.2) is 0 Å². The van der Waals surface area contributed by atoms with Crippen LogP contribution in [0.2, 0.25) is 0 Å². The van der Waals surface area contributed by atoms with Crippen molar-refractivity contribution in [3.8, 4) is 5.75 Å². The van der Waals surface area contributed by atoms with E-state index in [0.717, 1.165) is 11.3 Å². The number of phenols is 1. The van der Waals surface area contributed by atoms with Crippen molar-refractivity contribution < 1.29 is 23.7 Å². The normalized spacial score (nSPS) is 10.0. The third-order valence-electron chi connectivity index (χ3n) is 2.05. The zero-order chi connectivity index (χ0) is 10.5. The number of aliphatic imine (C=N–C) groups is 1. The Kier molecular flexibility index (Phi) is 4.84. The third-order valence-corrected chi connectivity index (χ3v) is 2.05. The summed E-state index contributed by atoms with van der Waals surface area (Å²) in [5.41, 5.74) is 1.60. The van der Waals surface area contributed by atoms with Gasteiger partial charge in [-0.1, -0.05) is 30.3 Å². The number of nitrogens with zero attached hydrogens (tertiary/aromatic N) is 1. The molecule has 0 atom stereocenters. The Morgan fingerprint density at radius 2 is 1.50 bits per heavy atom. The van der Waals surface area contributed by atoms with E-state index in [2.05, 4.69) is 4.99 Å². The van der Waals surface area contributed by atoms with Gasteiger partial charge in [-0.3, -0.25) is 4.99 Å². The molecule has 2 aromatic rings. The minimum absolute atomic E-state index is 0. The van der Waals surface area contributed by atoms with Gasteiger partial charge in [0.05, 0.1) is 5.69 Å². The molecule has 0 heterocycles. The molecule has 1 radical (unpaired) electrons. The summed E-state index contributed by atoms with van der Waals surface area (Å²) in [6.07, 6.45) is 1.66. The Morgan fingerprint density at radius 3 is 2.19 bits per heavy atom. The van der Waals surface area contributed by atoms with E-state index in [-0.39, 0.29) is 24.3 Å². The van der Waals surface area contributed by atoms with Crippen LogP contribution in [0.3, 0.4) is 0 Å². The summed E-state index contributed by atoms with van der Waals surface area (Å²) in [6.45, 7) is 0. The Bertz CT molecular complexity index is 468. The van der Waals surface area contributed by atoms with Crippen molar-refractivity contribution in [2.45, 2.75) is 0 Å². The molecule has 0 aliphatic heterocycles. The first-order valence-electron chi connectivity index (χ1n) is 4.73. The van der Waals surface area contributed by atoms with Gasteiger partial charge in [-0.2, -0.15) is 0 Å². The van der Waals surface area contributed by atoms with Crippen molar-refractivity contribution >= 4 is 11.9 Å². The number of benzene rings is 2. The molecular formula is C13H11NOV. The summed E-state index contributed by atoms with van der Waals surface area (Å²) in [5.74, 6) is 0.247. The van der Waals surface area contributed by atoms with Crippen LogP contribution in [-0.4, -0.2) is 11.3 Å². The van der Waals surface area contributed by atoms with E-state index in [1.54, 1.807) is 18.3 Å². The van der Waals surface area contributed by atoms with Crippen LogP contribution in [0.25, 0.3) is 0 Å². The SMILES string of the molecule is Oc1ccccc1C=Nc1ccccc1.[V]. The largest absolute Gasteiger partial charge is 0.507 e. The number of hydrogen-bond acceptors (Lipinski definition) is 2. The molecule has 0 amide bonds. The van der Waals surface area contributed by atoms with Crippen LogP contribution in [0.5, 0.6) is 5.75 Å². The van der Waals surface area contributed by atoms with E-state index in [9.17, 15) is 5.11 Å². The molecule has 1 N–H and O–H groups in total. The molecule has 2 aromatic carbocycles. The molecule has 0 fully saturated rings. The van der Waals surface area contributed by atoms with Crippen LogP contribution < -0.4 is 0 Å². The second kappa shape index (κ2) is 6.16. The number of aromatic hydroxyl groups is 1. The number of hydrogen-bond donors (Lipinski definition) is 1. The van der Waals surface area contributed by atoms with Crippen molar-refractivity contribution in [3.05, 3.63) is 60.2 Å². The molecule has 3 heteroatoms. The van der Waals surface area contributed by atoms with Crippen molar-refractivity contribution in [2.24, 2.45) is 4.99 Å². The second-order valence-corrected chi connectivity index (χ2v) is 3.15. The second-order valence-electron chi connectivity index (χ2n) is 3.15. The van der Waals surface area contributed by atoms with Gasteiger partial charge in [0.2, 0.25) is 0 Å². The molecule has 0 aliphatic carbocycles. The van der Waals surface area contributed by atoms with Crippen LogP contribution in [0, 0.1) is 0 Å². The van der Waals surface area contributed by atoms with Gasteiger partial charge >= 0.3 is 0 Å². The van der Waals surface area contributed by atoms with Crippen molar-refractivity contribution in [2.75, 3.05) is 0 Å². The van der Waals surface area contributed by atoms with E-state index < -0.39 is 0 Å². The molecule has 0 aliphatic rings. The molecule has 16 heavy (non-hydrogen) atoms. The molecule has 0 spiro atoms. The topological polar surface area (TPSA) is 32.6 Å². The summed E-state index contributed by atoms with van der Waals surface area (Å²) in [4.78, 5) is 4.25. The standard InChI is InChI=1S/C13H11NO.V/c15-13-9-5-4-6-11(13)10-14-12-7-2-1-3-8-12;/h1-10,15H;. The fourth-order valence-corrected chi connectivity index (χ4v) is 1.25. The van der Waals surface area contributed by atoms with E-state index in [0.29, 0.717) is 0 Å². The van der Waals surface area contributed by atoms with Gasteiger partial charge in [0, 0.05) is 30.3 Å². The maximum absolute atomic E-state index is 9.50. The third kappa shape index (κ3) is 3.26. The minimum atomic E-state index is 0. The zero-order valence-corrected chi connectivity index (χ0v) is 10.0. The number of rotatable bonds is 2. The molecule has 0 aromatic heterocycles. The smallest absolute Gasteiger partial charge is 0.124 e. The zero-order valence-electron chi connectivity index (χ0n) is 8.62. The van der Waals surface area contributed by atoms with Crippen molar-refractivity contribution in [3.63, 3.8) is 0 Å². The Morgan fingerprint density at radius 1 is 0.875 bits per heavy atom. The van der Waals surface area contributed by atoms with Crippen LogP contribution in [0.15, 0.2) is 59.6 Å². The molecule has 0 saturated carbocycles. The van der Waals surface area contributed by atoms with Crippen molar-refractivity contribution in [1.29, 1.82) is 0 Å². The van der Waals surface area contributed by atoms with Gasteiger partial charge in [0.15, 0.2) is 0 Å². The summed E-state index contributed by atoms with van der Waals surface area (Å²) < 4.78 is 0. The predicted octanol–water partition coefficient (Wildman–Crippen LogP) is 3.14. The Hall–Kier alpha value is -1.51. The molecule has 0 saturated heterocycles. The fraction of sp³-hybridized carbons (Fsp3) is 0. The summed E-state index contributed by atoms with van der Waals surface area (Å²) >= 11 is 0. The predicted molar refractivity (Wildman–Crippen MR) is 61.8 cm³/mol. The minimum Gasteiger partial charge on any atom is -0.507 e. The van der Waals surface area contributed by atoms with Crippen LogP contribution in [-0.2, 0) is 18.6 Å². The molecule has 2 rings (SSSR count). The first-order chi connectivity index (χ1) is 7.36. The molecule has 79 valence electrons. The van der Waals surface area contributed by atoms with E-state index in [1.165, 1.54) is 0 Å². The van der Waals surface area contributed by atoms with E-state index >= 15 is 0 Å². The Labute approximate surface area is 107 Å². The van der Waals surface area contributed by atoms with Gasteiger partial charge in [-0.05, 0) is 24.3 Å². The van der Waals surface area contributed by atoms with Gasteiger partial charge < -0.3 is 5.11 Å². The average Bonchev–Trinajstić information content (AvgIpc) is 2.29. The molecule has 2 nitrogen and oxygen atoms in total. The van der Waals surface area contributed by atoms with Crippen LogP contribution in [0.1, 0.15) is 5.56 Å². The van der Waals surface area contributed by atoms with Crippen LogP contribution in [0.4, 0.5) is 5.69 Å². The van der Waals surface area contributed by atoms with Gasteiger partial charge in [0.1, 0.15) is 5.75 Å².